The molecule has 0 aliphatic carbocycles. The summed E-state index contributed by atoms with van der Waals surface area (Å²) in [4.78, 5) is 17.0. The lowest BCUT2D eigenvalue weighted by Gasteiger charge is -2.25. The van der Waals surface area contributed by atoms with Crippen molar-refractivity contribution in [3.05, 3.63) is 35.9 Å². The normalized spacial score (nSPS) is 18.6. The van der Waals surface area contributed by atoms with E-state index in [4.69, 9.17) is 4.74 Å². The highest BCUT2D eigenvalue weighted by Crippen LogP contribution is 2.20. The summed E-state index contributed by atoms with van der Waals surface area (Å²) < 4.78 is 5.44. The number of methoxy groups -OCH3 is 1. The SMILES string of the molecule is CCN1CCCN(C(=O)[C@H](OC)c2ccccc2)CC1. The van der Waals surface area contributed by atoms with Crippen LogP contribution in [0.4, 0.5) is 0 Å². The number of amides is 1. The quantitative estimate of drug-likeness (QED) is 0.842. The zero-order chi connectivity index (χ0) is 14.4. The summed E-state index contributed by atoms with van der Waals surface area (Å²) in [5.41, 5.74) is 0.927. The van der Waals surface area contributed by atoms with Gasteiger partial charge in [-0.15, -0.1) is 0 Å². The summed E-state index contributed by atoms with van der Waals surface area (Å²) in [7, 11) is 1.60. The van der Waals surface area contributed by atoms with Gasteiger partial charge < -0.3 is 14.5 Å². The van der Waals surface area contributed by atoms with E-state index in [2.05, 4.69) is 11.8 Å². The molecule has 0 saturated carbocycles. The fraction of sp³-hybridized carbons (Fsp3) is 0.562. The van der Waals surface area contributed by atoms with Gasteiger partial charge in [-0.25, -0.2) is 0 Å². The van der Waals surface area contributed by atoms with Crippen molar-refractivity contribution in [2.75, 3.05) is 39.8 Å². The van der Waals surface area contributed by atoms with E-state index in [1.165, 1.54) is 0 Å². The van der Waals surface area contributed by atoms with E-state index < -0.39 is 6.10 Å². The molecule has 2 rings (SSSR count). The highest BCUT2D eigenvalue weighted by Gasteiger charge is 2.26. The zero-order valence-corrected chi connectivity index (χ0v) is 12.4. The van der Waals surface area contributed by atoms with Crippen LogP contribution >= 0.6 is 0 Å². The average molecular weight is 276 g/mol. The standard InChI is InChI=1S/C16H24N2O2/c1-3-17-10-7-11-18(13-12-17)16(19)15(20-2)14-8-5-4-6-9-14/h4-6,8-9,15H,3,7,10-13H2,1-2H3/t15-/m1/s1. The molecule has 20 heavy (non-hydrogen) atoms. The number of rotatable bonds is 4. The lowest BCUT2D eigenvalue weighted by atomic mass is 10.1. The molecule has 1 atom stereocenters. The van der Waals surface area contributed by atoms with Gasteiger partial charge >= 0.3 is 0 Å². The molecule has 0 bridgehead atoms. The molecule has 1 amide bonds. The number of carbonyl (C=O) groups excluding carboxylic acids is 1. The van der Waals surface area contributed by atoms with Gasteiger partial charge in [-0.05, 0) is 25.1 Å². The molecule has 1 saturated heterocycles. The first-order valence-electron chi connectivity index (χ1n) is 7.35. The Hall–Kier alpha value is -1.39. The molecule has 0 radical (unpaired) electrons. The lowest BCUT2D eigenvalue weighted by molar-refractivity contribution is -0.142. The largest absolute Gasteiger partial charge is 0.367 e. The van der Waals surface area contributed by atoms with Crippen LogP contribution in [0.1, 0.15) is 25.0 Å². The van der Waals surface area contributed by atoms with Gasteiger partial charge in [-0.1, -0.05) is 37.3 Å². The summed E-state index contributed by atoms with van der Waals surface area (Å²) >= 11 is 0. The summed E-state index contributed by atoms with van der Waals surface area (Å²) in [6.45, 7) is 6.85. The molecule has 4 nitrogen and oxygen atoms in total. The van der Waals surface area contributed by atoms with Gasteiger partial charge in [0.15, 0.2) is 6.10 Å². The van der Waals surface area contributed by atoms with E-state index in [9.17, 15) is 4.79 Å². The Kier molecular flexibility index (Phi) is 5.56. The second-order valence-electron chi connectivity index (χ2n) is 5.14. The van der Waals surface area contributed by atoms with Crippen LogP contribution in [0, 0.1) is 0 Å². The molecule has 1 aliphatic rings. The maximum absolute atomic E-state index is 12.7. The van der Waals surface area contributed by atoms with E-state index in [1.54, 1.807) is 7.11 Å². The highest BCUT2D eigenvalue weighted by atomic mass is 16.5. The zero-order valence-electron chi connectivity index (χ0n) is 12.4. The van der Waals surface area contributed by atoms with E-state index in [0.29, 0.717) is 0 Å². The van der Waals surface area contributed by atoms with Gasteiger partial charge in [0.1, 0.15) is 0 Å². The smallest absolute Gasteiger partial charge is 0.256 e. The Labute approximate surface area is 121 Å². The molecular weight excluding hydrogens is 252 g/mol. The number of hydrogen-bond donors (Lipinski definition) is 0. The average Bonchev–Trinajstić information content (AvgIpc) is 2.74. The second kappa shape index (κ2) is 7.41. The second-order valence-corrected chi connectivity index (χ2v) is 5.14. The minimum absolute atomic E-state index is 0.0802. The first-order chi connectivity index (χ1) is 9.76. The molecule has 0 N–H and O–H groups in total. The molecule has 1 fully saturated rings. The maximum Gasteiger partial charge on any atom is 0.256 e. The topological polar surface area (TPSA) is 32.8 Å². The van der Waals surface area contributed by atoms with Crippen LogP contribution in [0.2, 0.25) is 0 Å². The van der Waals surface area contributed by atoms with Gasteiger partial charge in [0, 0.05) is 26.7 Å². The van der Waals surface area contributed by atoms with Gasteiger partial charge in [0.05, 0.1) is 0 Å². The molecular formula is C16H24N2O2. The van der Waals surface area contributed by atoms with Crippen molar-refractivity contribution in [2.24, 2.45) is 0 Å². The minimum Gasteiger partial charge on any atom is -0.367 e. The Morgan fingerprint density at radius 1 is 1.20 bits per heavy atom. The van der Waals surface area contributed by atoms with Crippen molar-refractivity contribution >= 4 is 5.91 Å². The molecule has 0 unspecified atom stereocenters. The molecule has 0 spiro atoms. The van der Waals surface area contributed by atoms with Gasteiger partial charge in [-0.3, -0.25) is 4.79 Å². The van der Waals surface area contributed by atoms with Crippen molar-refractivity contribution in [3.8, 4) is 0 Å². The third-order valence-electron chi connectivity index (χ3n) is 3.91. The molecule has 1 aromatic rings. The van der Waals surface area contributed by atoms with Crippen molar-refractivity contribution < 1.29 is 9.53 Å². The molecule has 1 heterocycles. The van der Waals surface area contributed by atoms with Gasteiger partial charge in [0.2, 0.25) is 0 Å². The molecule has 1 aromatic carbocycles. The first kappa shape index (κ1) is 15.0. The van der Waals surface area contributed by atoms with Gasteiger partial charge in [0.25, 0.3) is 5.91 Å². The van der Waals surface area contributed by atoms with Crippen LogP contribution in [0.5, 0.6) is 0 Å². The number of ether oxygens (including phenoxy) is 1. The molecule has 1 aliphatic heterocycles. The van der Waals surface area contributed by atoms with Crippen molar-refractivity contribution in [2.45, 2.75) is 19.4 Å². The third-order valence-corrected chi connectivity index (χ3v) is 3.91. The predicted octanol–water partition coefficient (Wildman–Crippen LogP) is 1.93. The van der Waals surface area contributed by atoms with Crippen LogP contribution in [0.3, 0.4) is 0 Å². The van der Waals surface area contributed by atoms with Crippen molar-refractivity contribution in [1.29, 1.82) is 0 Å². The van der Waals surface area contributed by atoms with Crippen LogP contribution < -0.4 is 0 Å². The Morgan fingerprint density at radius 3 is 2.60 bits per heavy atom. The van der Waals surface area contributed by atoms with Crippen LogP contribution in [-0.2, 0) is 9.53 Å². The van der Waals surface area contributed by atoms with Crippen LogP contribution in [-0.4, -0.2) is 55.5 Å². The maximum atomic E-state index is 12.7. The summed E-state index contributed by atoms with van der Waals surface area (Å²) in [5, 5.41) is 0. The summed E-state index contributed by atoms with van der Waals surface area (Å²) in [6, 6.07) is 9.72. The van der Waals surface area contributed by atoms with Crippen molar-refractivity contribution in [3.63, 3.8) is 0 Å². The van der Waals surface area contributed by atoms with E-state index >= 15 is 0 Å². The Morgan fingerprint density at radius 2 is 1.95 bits per heavy atom. The minimum atomic E-state index is -0.482. The third kappa shape index (κ3) is 3.58. The monoisotopic (exact) mass is 276 g/mol. The van der Waals surface area contributed by atoms with Gasteiger partial charge in [-0.2, -0.15) is 0 Å². The fourth-order valence-corrected chi connectivity index (χ4v) is 2.68. The van der Waals surface area contributed by atoms with E-state index in [1.807, 2.05) is 35.2 Å². The number of likely N-dealkylation sites (N-methyl/N-ethyl adjacent to an activating group) is 1. The summed E-state index contributed by atoms with van der Waals surface area (Å²) in [5.74, 6) is 0.0802. The Balaban J connectivity index is 2.05. The Bertz CT molecular complexity index is 422. The first-order valence-corrected chi connectivity index (χ1v) is 7.35. The number of hydrogen-bond acceptors (Lipinski definition) is 3. The van der Waals surface area contributed by atoms with Crippen LogP contribution in [0.25, 0.3) is 0 Å². The van der Waals surface area contributed by atoms with Crippen LogP contribution in [0.15, 0.2) is 30.3 Å². The van der Waals surface area contributed by atoms with Crippen molar-refractivity contribution in [1.82, 2.24) is 9.80 Å². The molecule has 0 aromatic heterocycles. The number of nitrogens with zero attached hydrogens (tertiary/aromatic N) is 2. The number of benzene rings is 1. The predicted molar refractivity (Wildman–Crippen MR) is 79.5 cm³/mol. The molecule has 110 valence electrons. The summed E-state index contributed by atoms with van der Waals surface area (Å²) in [6.07, 6.45) is 0.550. The molecule has 4 heteroatoms. The van der Waals surface area contributed by atoms with E-state index in [-0.39, 0.29) is 5.91 Å². The highest BCUT2D eigenvalue weighted by molar-refractivity contribution is 5.82. The number of carbonyl (C=O) groups is 1. The lowest BCUT2D eigenvalue weighted by Crippen LogP contribution is -2.38. The fourth-order valence-electron chi connectivity index (χ4n) is 2.68. The van der Waals surface area contributed by atoms with E-state index in [0.717, 1.165) is 44.7 Å².